The van der Waals surface area contributed by atoms with Gasteiger partial charge in [0.1, 0.15) is 5.01 Å². The van der Waals surface area contributed by atoms with Crippen LogP contribution >= 0.6 is 11.3 Å². The molecule has 132 valence electrons. The first-order valence-electron chi connectivity index (χ1n) is 8.53. The molecular weight excluding hydrogens is 338 g/mol. The monoisotopic (exact) mass is 359 g/mol. The molecule has 25 heavy (non-hydrogen) atoms. The summed E-state index contributed by atoms with van der Waals surface area (Å²) in [5.74, 6) is -0.0425. The van der Waals surface area contributed by atoms with Gasteiger partial charge in [0.15, 0.2) is 0 Å². The maximum Gasteiger partial charge on any atom is 0.251 e. The highest BCUT2D eigenvalue weighted by atomic mass is 32.1. The van der Waals surface area contributed by atoms with Gasteiger partial charge in [-0.3, -0.25) is 9.78 Å². The Morgan fingerprint density at radius 3 is 3.00 bits per heavy atom. The maximum atomic E-state index is 12.4. The van der Waals surface area contributed by atoms with Crippen molar-refractivity contribution in [3.8, 4) is 0 Å². The van der Waals surface area contributed by atoms with Crippen LogP contribution in [0.3, 0.4) is 0 Å². The summed E-state index contributed by atoms with van der Waals surface area (Å²) in [5, 5.41) is 13.4. The quantitative estimate of drug-likeness (QED) is 0.900. The number of aromatic nitrogens is 3. The number of rotatable bonds is 3. The summed E-state index contributed by atoms with van der Waals surface area (Å²) in [6, 6.07) is 3.60. The van der Waals surface area contributed by atoms with Crippen LogP contribution in [0, 0.1) is 6.92 Å². The van der Waals surface area contributed by atoms with Crippen molar-refractivity contribution in [3.05, 3.63) is 35.1 Å². The second-order valence-corrected chi connectivity index (χ2v) is 7.87. The lowest BCUT2D eigenvalue weighted by Crippen LogP contribution is -2.50. The SMILES string of the molecule is Cc1nnc(N2CC[C@]3(C[C@@H](NC(=O)c4ccncc4)CCO3)C2)s1. The van der Waals surface area contributed by atoms with Crippen molar-refractivity contribution >= 4 is 22.4 Å². The molecule has 8 heteroatoms. The molecule has 0 bridgehead atoms. The van der Waals surface area contributed by atoms with E-state index in [1.54, 1.807) is 35.9 Å². The molecule has 0 aliphatic carbocycles. The Kier molecular flexibility index (Phi) is 4.39. The van der Waals surface area contributed by atoms with Crippen LogP contribution in [-0.4, -0.2) is 52.4 Å². The number of amides is 1. The molecule has 2 fully saturated rings. The molecule has 0 saturated carbocycles. The summed E-state index contributed by atoms with van der Waals surface area (Å²) in [6.07, 6.45) is 5.90. The molecule has 2 aromatic rings. The van der Waals surface area contributed by atoms with Crippen molar-refractivity contribution in [1.82, 2.24) is 20.5 Å². The van der Waals surface area contributed by atoms with Gasteiger partial charge in [0.05, 0.1) is 5.60 Å². The molecule has 4 rings (SSSR count). The third kappa shape index (κ3) is 3.50. The normalized spacial score (nSPS) is 26.1. The lowest BCUT2D eigenvalue weighted by molar-refractivity contribution is -0.0720. The number of hydrogen-bond donors (Lipinski definition) is 1. The number of hydrogen-bond acceptors (Lipinski definition) is 7. The van der Waals surface area contributed by atoms with Gasteiger partial charge in [-0.25, -0.2) is 0 Å². The smallest absolute Gasteiger partial charge is 0.251 e. The summed E-state index contributed by atoms with van der Waals surface area (Å²) in [7, 11) is 0. The van der Waals surface area contributed by atoms with Crippen LogP contribution in [-0.2, 0) is 4.74 Å². The molecule has 4 heterocycles. The Balaban J connectivity index is 1.40. The zero-order valence-corrected chi connectivity index (χ0v) is 15.0. The molecule has 0 aromatic carbocycles. The van der Waals surface area contributed by atoms with E-state index in [1.807, 2.05) is 6.92 Å². The lowest BCUT2D eigenvalue weighted by atomic mass is 9.89. The molecule has 1 amide bonds. The summed E-state index contributed by atoms with van der Waals surface area (Å²) in [5.41, 5.74) is 0.446. The van der Waals surface area contributed by atoms with Crippen molar-refractivity contribution in [2.75, 3.05) is 24.6 Å². The molecule has 7 nitrogen and oxygen atoms in total. The number of aryl methyl sites for hydroxylation is 1. The lowest BCUT2D eigenvalue weighted by Gasteiger charge is -2.38. The Labute approximate surface area is 150 Å². The Morgan fingerprint density at radius 2 is 2.24 bits per heavy atom. The Bertz CT molecular complexity index is 753. The molecule has 2 saturated heterocycles. The third-order valence-electron chi connectivity index (χ3n) is 4.87. The van der Waals surface area contributed by atoms with Crippen LogP contribution in [0.25, 0.3) is 0 Å². The minimum absolute atomic E-state index is 0.0425. The minimum Gasteiger partial charge on any atom is -0.373 e. The molecule has 2 aliphatic rings. The van der Waals surface area contributed by atoms with Gasteiger partial charge < -0.3 is 15.0 Å². The first-order chi connectivity index (χ1) is 12.1. The van der Waals surface area contributed by atoms with Crippen molar-refractivity contribution in [1.29, 1.82) is 0 Å². The second-order valence-electron chi connectivity index (χ2n) is 6.71. The fourth-order valence-electron chi connectivity index (χ4n) is 3.63. The average Bonchev–Trinajstić information content (AvgIpc) is 3.22. The van der Waals surface area contributed by atoms with E-state index in [4.69, 9.17) is 4.74 Å². The summed E-state index contributed by atoms with van der Waals surface area (Å²) >= 11 is 1.61. The summed E-state index contributed by atoms with van der Waals surface area (Å²) in [4.78, 5) is 18.6. The number of carbonyl (C=O) groups is 1. The van der Waals surface area contributed by atoms with Crippen molar-refractivity contribution in [3.63, 3.8) is 0 Å². The fourth-order valence-corrected chi connectivity index (χ4v) is 4.34. The van der Waals surface area contributed by atoms with Gasteiger partial charge in [0.2, 0.25) is 5.13 Å². The molecule has 2 aliphatic heterocycles. The predicted molar refractivity (Wildman–Crippen MR) is 94.9 cm³/mol. The summed E-state index contributed by atoms with van der Waals surface area (Å²) in [6.45, 7) is 4.36. The number of anilines is 1. The van der Waals surface area contributed by atoms with Gasteiger partial charge in [-0.15, -0.1) is 10.2 Å². The van der Waals surface area contributed by atoms with Crippen LogP contribution in [0.2, 0.25) is 0 Å². The molecule has 0 radical (unpaired) electrons. The predicted octanol–water partition coefficient (Wildman–Crippen LogP) is 1.80. The topological polar surface area (TPSA) is 80.2 Å². The molecule has 2 aromatic heterocycles. The molecule has 1 spiro atoms. The number of nitrogens with zero attached hydrogens (tertiary/aromatic N) is 4. The van der Waals surface area contributed by atoms with Crippen LogP contribution in [0.1, 0.15) is 34.6 Å². The first-order valence-corrected chi connectivity index (χ1v) is 9.35. The molecule has 2 atom stereocenters. The zero-order chi connectivity index (χ0) is 17.3. The van der Waals surface area contributed by atoms with Crippen LogP contribution < -0.4 is 10.2 Å². The van der Waals surface area contributed by atoms with Gasteiger partial charge in [0, 0.05) is 43.7 Å². The maximum absolute atomic E-state index is 12.4. The van der Waals surface area contributed by atoms with E-state index in [9.17, 15) is 4.79 Å². The number of carbonyl (C=O) groups excluding carboxylic acids is 1. The van der Waals surface area contributed by atoms with E-state index in [0.717, 1.165) is 42.5 Å². The van der Waals surface area contributed by atoms with E-state index < -0.39 is 0 Å². The fraction of sp³-hybridized carbons (Fsp3) is 0.529. The minimum atomic E-state index is -0.200. The highest BCUT2D eigenvalue weighted by molar-refractivity contribution is 7.15. The van der Waals surface area contributed by atoms with Crippen LogP contribution in [0.5, 0.6) is 0 Å². The average molecular weight is 359 g/mol. The Morgan fingerprint density at radius 1 is 1.40 bits per heavy atom. The van der Waals surface area contributed by atoms with E-state index >= 15 is 0 Å². The van der Waals surface area contributed by atoms with Gasteiger partial charge >= 0.3 is 0 Å². The molecular formula is C17H21N5O2S. The second kappa shape index (κ2) is 6.68. The number of nitrogens with one attached hydrogen (secondary N) is 1. The zero-order valence-electron chi connectivity index (χ0n) is 14.1. The highest BCUT2D eigenvalue weighted by Gasteiger charge is 2.44. The van der Waals surface area contributed by atoms with E-state index in [0.29, 0.717) is 12.2 Å². The van der Waals surface area contributed by atoms with E-state index in [2.05, 4.69) is 25.4 Å². The van der Waals surface area contributed by atoms with Crippen LogP contribution in [0.4, 0.5) is 5.13 Å². The van der Waals surface area contributed by atoms with E-state index in [-0.39, 0.29) is 17.6 Å². The summed E-state index contributed by atoms with van der Waals surface area (Å²) < 4.78 is 6.16. The molecule has 1 N–H and O–H groups in total. The van der Waals surface area contributed by atoms with Gasteiger partial charge in [-0.1, -0.05) is 11.3 Å². The first kappa shape index (κ1) is 16.4. The third-order valence-corrected chi connectivity index (χ3v) is 5.77. The molecule has 0 unspecified atom stereocenters. The van der Waals surface area contributed by atoms with E-state index in [1.165, 1.54) is 0 Å². The van der Waals surface area contributed by atoms with Gasteiger partial charge in [-0.2, -0.15) is 0 Å². The largest absolute Gasteiger partial charge is 0.373 e. The standard InChI is InChI=1S/C17H21N5O2S/c1-12-20-21-16(25-12)22-8-5-17(11-22)10-14(4-9-24-17)19-15(23)13-2-6-18-7-3-13/h2-3,6-7,14H,4-5,8-11H2,1H3,(H,19,23)/t14-,17-/m0/s1. The van der Waals surface area contributed by atoms with Crippen LogP contribution in [0.15, 0.2) is 24.5 Å². The van der Waals surface area contributed by atoms with Gasteiger partial charge in [0.25, 0.3) is 5.91 Å². The highest BCUT2D eigenvalue weighted by Crippen LogP contribution is 2.37. The number of pyridine rings is 1. The van der Waals surface area contributed by atoms with Crippen molar-refractivity contribution < 1.29 is 9.53 Å². The Hall–Kier alpha value is -2.06. The number of ether oxygens (including phenoxy) is 1. The van der Waals surface area contributed by atoms with Crippen molar-refractivity contribution in [2.24, 2.45) is 0 Å². The van der Waals surface area contributed by atoms with Crippen molar-refractivity contribution in [2.45, 2.75) is 37.8 Å². The van der Waals surface area contributed by atoms with Gasteiger partial charge in [-0.05, 0) is 38.3 Å².